The van der Waals surface area contributed by atoms with Crippen LogP contribution in [0, 0.1) is 0 Å². The van der Waals surface area contributed by atoms with Gasteiger partial charge in [0.25, 0.3) is 0 Å². The van der Waals surface area contributed by atoms with Crippen molar-refractivity contribution in [3.63, 3.8) is 0 Å². The SMILES string of the molecule is C=C.[Cl][Ti][Cl].c1ccc2[cH-]ccc2c1.c1ccc2[cH-]ccc2c1. The molecule has 0 aromatic heterocycles. The fourth-order valence-corrected chi connectivity index (χ4v) is 2.14. The molecule has 118 valence electrons. The van der Waals surface area contributed by atoms with Gasteiger partial charge in [0.1, 0.15) is 0 Å². The average molecular weight is 377 g/mol. The summed E-state index contributed by atoms with van der Waals surface area (Å²) in [6, 6.07) is 29.3. The molecule has 4 aromatic rings. The minimum absolute atomic E-state index is 0.556. The number of hydrogen-bond donors (Lipinski definition) is 0. The molecule has 0 unspecified atom stereocenters. The molecule has 0 bridgehead atoms. The molecule has 4 rings (SSSR count). The molecule has 0 radical (unpaired) electrons. The summed E-state index contributed by atoms with van der Waals surface area (Å²) < 4.78 is 0. The van der Waals surface area contributed by atoms with Crippen molar-refractivity contribution in [3.8, 4) is 0 Å². The summed E-state index contributed by atoms with van der Waals surface area (Å²) in [4.78, 5) is 0. The molecule has 0 aliphatic carbocycles. The molecule has 0 spiro atoms. The molecule has 0 amide bonds. The first-order chi connectivity index (χ1) is 11.3. The van der Waals surface area contributed by atoms with Crippen LogP contribution in [-0.4, -0.2) is 0 Å². The number of halogens is 2. The van der Waals surface area contributed by atoms with Crippen LogP contribution in [0.1, 0.15) is 0 Å². The number of rotatable bonds is 0. The van der Waals surface area contributed by atoms with E-state index in [1.165, 1.54) is 21.5 Å². The summed E-state index contributed by atoms with van der Waals surface area (Å²) in [5.41, 5.74) is 0. The van der Waals surface area contributed by atoms with E-state index >= 15 is 0 Å². The quantitative estimate of drug-likeness (QED) is 0.171. The smallest absolute Gasteiger partial charge is 0.0809 e. The Morgan fingerprint density at radius 2 is 1.00 bits per heavy atom. The van der Waals surface area contributed by atoms with Crippen LogP contribution in [0.5, 0.6) is 0 Å². The zero-order chi connectivity index (χ0) is 16.9. The van der Waals surface area contributed by atoms with E-state index in [-0.39, 0.29) is 0 Å². The summed E-state index contributed by atoms with van der Waals surface area (Å²) in [7, 11) is 9.78. The van der Waals surface area contributed by atoms with Crippen molar-refractivity contribution in [2.24, 2.45) is 0 Å². The Labute approximate surface area is 154 Å². The van der Waals surface area contributed by atoms with Gasteiger partial charge >= 0.3 is 35.6 Å². The second-order valence-corrected chi connectivity index (χ2v) is 6.96. The van der Waals surface area contributed by atoms with E-state index in [0.717, 1.165) is 0 Å². The van der Waals surface area contributed by atoms with Crippen molar-refractivity contribution in [1.29, 1.82) is 0 Å². The molecule has 3 heteroatoms. The Balaban J connectivity index is 0.000000181. The molecule has 0 fully saturated rings. The van der Waals surface area contributed by atoms with Crippen LogP contribution in [0.2, 0.25) is 0 Å². The molecule has 0 nitrogen and oxygen atoms in total. The molecule has 0 saturated carbocycles. The molecule has 4 aromatic carbocycles. The van der Waals surface area contributed by atoms with Crippen LogP contribution in [0.3, 0.4) is 0 Å². The van der Waals surface area contributed by atoms with Crippen LogP contribution in [0.25, 0.3) is 21.5 Å². The number of fused-ring (bicyclic) bond motifs is 2. The normalized spacial score (nSPS) is 8.78. The van der Waals surface area contributed by atoms with E-state index in [9.17, 15) is 0 Å². The van der Waals surface area contributed by atoms with Crippen LogP contribution in [-0.2, 0) is 17.0 Å². The van der Waals surface area contributed by atoms with E-state index in [4.69, 9.17) is 18.6 Å². The third kappa shape index (κ3) is 6.77. The maximum Gasteiger partial charge on any atom is -0.0809 e. The number of benzene rings is 2. The fourth-order valence-electron chi connectivity index (χ4n) is 2.14. The van der Waals surface area contributed by atoms with E-state index in [1.54, 1.807) is 0 Å². The fraction of sp³-hybridized carbons (Fsp3) is 0. The Kier molecular flexibility index (Phi) is 10.4. The molecule has 0 heterocycles. The van der Waals surface area contributed by atoms with Gasteiger partial charge in [-0.25, -0.2) is 0 Å². The summed E-state index contributed by atoms with van der Waals surface area (Å²) in [5, 5.41) is 5.32. The minimum atomic E-state index is -0.556. The van der Waals surface area contributed by atoms with Gasteiger partial charge in [-0.1, -0.05) is 12.1 Å². The maximum atomic E-state index is 4.89. The zero-order valence-corrected chi connectivity index (χ0v) is 15.8. The van der Waals surface area contributed by atoms with E-state index in [2.05, 4.69) is 98.1 Å². The van der Waals surface area contributed by atoms with Gasteiger partial charge in [-0.15, -0.1) is 72.5 Å². The predicted molar refractivity (Wildman–Crippen MR) is 102 cm³/mol. The summed E-state index contributed by atoms with van der Waals surface area (Å²) in [6.07, 6.45) is 0. The van der Waals surface area contributed by atoms with Gasteiger partial charge < -0.3 is 0 Å². The molecule has 0 aliphatic heterocycles. The molecular formula is C20H18Cl2Ti-2. The van der Waals surface area contributed by atoms with Gasteiger partial charge in [0.05, 0.1) is 0 Å². The molecule has 0 atom stereocenters. The standard InChI is InChI=1S/2C9H7.C2H4.2ClH.Ti/c2*1-2-5-9-7-3-6-8(9)4-1;1-2;;;/h2*1-7H;1-2H2;2*1H;/q2*-1;;;;+2/p-2. The third-order valence-electron chi connectivity index (χ3n) is 3.10. The summed E-state index contributed by atoms with van der Waals surface area (Å²) in [6.45, 7) is 6.00. The van der Waals surface area contributed by atoms with Gasteiger partial charge in [-0.05, 0) is 0 Å². The second-order valence-electron chi connectivity index (χ2n) is 4.38. The van der Waals surface area contributed by atoms with Crippen molar-refractivity contribution in [1.82, 2.24) is 0 Å². The second kappa shape index (κ2) is 12.2. The van der Waals surface area contributed by atoms with Gasteiger partial charge in [0, 0.05) is 0 Å². The van der Waals surface area contributed by atoms with E-state index in [0.29, 0.717) is 0 Å². The Bertz CT molecular complexity index is 660. The summed E-state index contributed by atoms with van der Waals surface area (Å²) in [5.74, 6) is 0. The van der Waals surface area contributed by atoms with Crippen molar-refractivity contribution >= 4 is 40.2 Å². The Hall–Kier alpha value is -1.31. The average Bonchev–Trinajstić information content (AvgIpc) is 3.27. The first-order valence-electron chi connectivity index (χ1n) is 7.02. The predicted octanol–water partition coefficient (Wildman–Crippen LogP) is 7.30. The first kappa shape index (κ1) is 19.7. The van der Waals surface area contributed by atoms with Crippen LogP contribution >= 0.6 is 18.6 Å². The van der Waals surface area contributed by atoms with E-state index in [1.807, 2.05) is 0 Å². The van der Waals surface area contributed by atoms with Crippen molar-refractivity contribution < 1.29 is 17.0 Å². The molecular weight excluding hydrogens is 359 g/mol. The van der Waals surface area contributed by atoms with Crippen molar-refractivity contribution in [2.45, 2.75) is 0 Å². The van der Waals surface area contributed by atoms with E-state index < -0.39 is 17.0 Å². The third-order valence-corrected chi connectivity index (χ3v) is 3.10. The van der Waals surface area contributed by atoms with Crippen molar-refractivity contribution in [3.05, 3.63) is 98.1 Å². The Morgan fingerprint density at radius 3 is 1.35 bits per heavy atom. The monoisotopic (exact) mass is 376 g/mol. The molecule has 0 aliphatic rings. The van der Waals surface area contributed by atoms with Crippen LogP contribution < -0.4 is 0 Å². The van der Waals surface area contributed by atoms with Gasteiger partial charge in [-0.3, -0.25) is 0 Å². The topological polar surface area (TPSA) is 0 Å². The summed E-state index contributed by atoms with van der Waals surface area (Å²) >= 11 is -0.556. The molecule has 0 saturated heterocycles. The maximum absolute atomic E-state index is 4.89. The molecule has 23 heavy (non-hydrogen) atoms. The number of hydrogen-bond acceptors (Lipinski definition) is 0. The molecule has 0 N–H and O–H groups in total. The minimum Gasteiger partial charge on any atom is -0.168 e. The van der Waals surface area contributed by atoms with Gasteiger partial charge in [0.2, 0.25) is 0 Å². The zero-order valence-electron chi connectivity index (χ0n) is 12.8. The largest absolute Gasteiger partial charge is 0.168 e. The van der Waals surface area contributed by atoms with Crippen molar-refractivity contribution in [2.75, 3.05) is 0 Å². The van der Waals surface area contributed by atoms with Crippen LogP contribution in [0.4, 0.5) is 0 Å². The van der Waals surface area contributed by atoms with Gasteiger partial charge in [0.15, 0.2) is 0 Å². The van der Waals surface area contributed by atoms with Crippen LogP contribution in [0.15, 0.2) is 98.1 Å². The van der Waals surface area contributed by atoms with Gasteiger partial charge in [-0.2, -0.15) is 35.0 Å². The Morgan fingerprint density at radius 1 is 0.652 bits per heavy atom. The first-order valence-corrected chi connectivity index (χ1v) is 11.3.